The van der Waals surface area contributed by atoms with E-state index in [9.17, 15) is 34.8 Å². The molecular weight excluding hydrogens is 604 g/mol. The highest BCUT2D eigenvalue weighted by atomic mass is 16.6. The van der Waals surface area contributed by atoms with Crippen molar-refractivity contribution in [3.05, 3.63) is 95.1 Å². The molecule has 7 unspecified atom stereocenters. The number of hydrogen-bond acceptors (Lipinski definition) is 10. The first-order chi connectivity index (χ1) is 22.1. The first kappa shape index (κ1) is 34.1. The van der Waals surface area contributed by atoms with Crippen LogP contribution in [0.4, 0.5) is 0 Å². The third-order valence-electron chi connectivity index (χ3n) is 9.97. The monoisotopic (exact) mass is 646 g/mol. The number of Topliss-reactive ketones (excluding diaryl/α,β-unsaturated/α-hetero) is 1. The Morgan fingerprint density at radius 2 is 1.68 bits per heavy atom. The van der Waals surface area contributed by atoms with E-state index in [0.29, 0.717) is 28.0 Å². The molecule has 0 heterocycles. The quantitative estimate of drug-likeness (QED) is 0.234. The van der Waals surface area contributed by atoms with Crippen LogP contribution in [-0.4, -0.2) is 74.8 Å². The van der Waals surface area contributed by atoms with Crippen LogP contribution in [0.15, 0.2) is 84.0 Å². The van der Waals surface area contributed by atoms with Crippen LogP contribution in [-0.2, 0) is 36.7 Å². The van der Waals surface area contributed by atoms with Crippen LogP contribution in [0.2, 0.25) is 0 Å². The van der Waals surface area contributed by atoms with Crippen molar-refractivity contribution in [2.45, 2.75) is 69.4 Å². The van der Waals surface area contributed by atoms with Gasteiger partial charge in [-0.25, -0.2) is 0 Å². The fourth-order valence-electron chi connectivity index (χ4n) is 7.55. The van der Waals surface area contributed by atoms with Gasteiger partial charge in [-0.2, -0.15) is 0 Å². The molecule has 10 heteroatoms. The van der Waals surface area contributed by atoms with Gasteiger partial charge in [0.05, 0.1) is 25.6 Å². The lowest BCUT2D eigenvalue weighted by molar-refractivity contribution is -0.232. The molecule has 3 aliphatic carbocycles. The number of ketones is 1. The minimum Gasteiger partial charge on any atom is -0.508 e. The van der Waals surface area contributed by atoms with Crippen LogP contribution in [0.25, 0.3) is 0 Å². The molecule has 1 saturated carbocycles. The normalized spacial score (nSPS) is 31.4. The van der Waals surface area contributed by atoms with Gasteiger partial charge in [0, 0.05) is 24.3 Å². The van der Waals surface area contributed by atoms with E-state index < -0.39 is 58.4 Å². The maximum atomic E-state index is 13.5. The van der Waals surface area contributed by atoms with E-state index in [2.05, 4.69) is 6.58 Å². The molecule has 0 radical (unpaired) electrons. The van der Waals surface area contributed by atoms with Crippen molar-refractivity contribution < 1.29 is 49.0 Å². The third kappa shape index (κ3) is 6.25. The summed E-state index contributed by atoms with van der Waals surface area (Å²) in [5, 5.41) is 46.8. The lowest BCUT2D eigenvalue weighted by Gasteiger charge is -2.56. The standard InChI is InChI=1S/C37H42O10/c1-21(2)35(42)18-23(4)37(44)29(34(35)47-32(40)15-24-9-7-6-8-10-24)14-26(19-36(43)30(37)11-22(3)33(36)41)20-46-31(39)16-25-12-27(38)17-28(13-25)45-5/h6-14,17,23,29-30,34,38,42-44H,1,15-16,18-20H2,2-5H3. The maximum absolute atomic E-state index is 13.5. The molecular formula is C37H42O10. The average molecular weight is 647 g/mol. The molecule has 5 rings (SSSR count). The average Bonchev–Trinajstić information content (AvgIpc) is 3.18. The fourth-order valence-corrected chi connectivity index (χ4v) is 7.55. The zero-order valence-corrected chi connectivity index (χ0v) is 27.1. The molecule has 0 aliphatic heterocycles. The van der Waals surface area contributed by atoms with Crippen molar-refractivity contribution in [3.8, 4) is 11.5 Å². The summed E-state index contributed by atoms with van der Waals surface area (Å²) in [4.78, 5) is 39.9. The number of esters is 2. The third-order valence-corrected chi connectivity index (χ3v) is 9.97. The number of ether oxygens (including phenoxy) is 3. The minimum atomic E-state index is -2.07. The van der Waals surface area contributed by atoms with Crippen LogP contribution in [0, 0.1) is 17.8 Å². The molecule has 2 aromatic rings. The molecule has 4 N–H and O–H groups in total. The summed E-state index contributed by atoms with van der Waals surface area (Å²) in [6, 6.07) is 13.3. The van der Waals surface area contributed by atoms with E-state index in [1.807, 2.05) is 6.07 Å². The second kappa shape index (κ2) is 12.7. The van der Waals surface area contributed by atoms with Crippen LogP contribution >= 0.6 is 0 Å². The first-order valence-corrected chi connectivity index (χ1v) is 15.6. The van der Waals surface area contributed by atoms with Crippen LogP contribution in [0.1, 0.15) is 44.7 Å². The summed E-state index contributed by atoms with van der Waals surface area (Å²) < 4.78 is 16.8. The number of rotatable bonds is 9. The summed E-state index contributed by atoms with van der Waals surface area (Å²) in [5.74, 6) is -4.54. The van der Waals surface area contributed by atoms with Crippen molar-refractivity contribution >= 4 is 17.7 Å². The number of benzene rings is 2. The molecule has 0 aromatic heterocycles. The van der Waals surface area contributed by atoms with E-state index in [4.69, 9.17) is 14.2 Å². The van der Waals surface area contributed by atoms with Gasteiger partial charge in [0.1, 0.15) is 35.4 Å². The second-order valence-electron chi connectivity index (χ2n) is 13.3. The molecule has 47 heavy (non-hydrogen) atoms. The Balaban J connectivity index is 1.52. The SMILES string of the molecule is C=C(C)C1(O)CC(C)C2(O)C(C=C(COC(=O)Cc3cc(O)cc(OC)c3)CC3(O)C(=O)C(C)=CC32)C1OC(=O)Cc1ccccc1. The highest BCUT2D eigenvalue weighted by molar-refractivity contribution is 6.04. The zero-order valence-electron chi connectivity index (χ0n) is 27.1. The summed E-state index contributed by atoms with van der Waals surface area (Å²) in [6.07, 6.45) is 1.15. The van der Waals surface area contributed by atoms with Crippen molar-refractivity contribution in [3.63, 3.8) is 0 Å². The molecule has 10 nitrogen and oxygen atoms in total. The molecule has 250 valence electrons. The van der Waals surface area contributed by atoms with Crippen molar-refractivity contribution in [1.29, 1.82) is 0 Å². The number of carbonyl (C=O) groups is 3. The lowest BCUT2D eigenvalue weighted by Crippen LogP contribution is -2.68. The highest BCUT2D eigenvalue weighted by Crippen LogP contribution is 2.58. The van der Waals surface area contributed by atoms with E-state index in [1.165, 1.54) is 19.2 Å². The number of methoxy groups -OCH3 is 1. The molecule has 3 aliphatic rings. The summed E-state index contributed by atoms with van der Waals surface area (Å²) in [7, 11) is 1.43. The highest BCUT2D eigenvalue weighted by Gasteiger charge is 2.68. The summed E-state index contributed by atoms with van der Waals surface area (Å²) in [6.45, 7) is 8.55. The lowest BCUT2D eigenvalue weighted by atomic mass is 9.55. The van der Waals surface area contributed by atoms with E-state index in [-0.39, 0.29) is 43.6 Å². The Labute approximate surface area is 274 Å². The van der Waals surface area contributed by atoms with Gasteiger partial charge in [-0.15, -0.1) is 0 Å². The predicted molar refractivity (Wildman–Crippen MR) is 171 cm³/mol. The van der Waals surface area contributed by atoms with E-state index in [1.54, 1.807) is 63.3 Å². The van der Waals surface area contributed by atoms with Crippen molar-refractivity contribution in [2.24, 2.45) is 17.8 Å². The largest absolute Gasteiger partial charge is 0.508 e. The van der Waals surface area contributed by atoms with Crippen molar-refractivity contribution in [1.82, 2.24) is 0 Å². The van der Waals surface area contributed by atoms with Crippen LogP contribution < -0.4 is 4.74 Å². The number of phenols is 1. The Bertz CT molecular complexity index is 1640. The van der Waals surface area contributed by atoms with Crippen molar-refractivity contribution in [2.75, 3.05) is 13.7 Å². The number of fused-ring (bicyclic) bond motifs is 3. The van der Waals surface area contributed by atoms with E-state index >= 15 is 0 Å². The van der Waals surface area contributed by atoms with Gasteiger partial charge < -0.3 is 34.6 Å². The van der Waals surface area contributed by atoms with E-state index in [0.717, 1.165) is 0 Å². The number of phenolic OH excluding ortho intramolecular Hbond substituents is 1. The molecule has 0 amide bonds. The topological polar surface area (TPSA) is 160 Å². The Kier molecular flexibility index (Phi) is 9.25. The summed E-state index contributed by atoms with van der Waals surface area (Å²) >= 11 is 0. The molecule has 0 saturated heterocycles. The molecule has 0 bridgehead atoms. The fraction of sp³-hybridized carbons (Fsp3) is 0.432. The van der Waals surface area contributed by atoms with Crippen LogP contribution in [0.3, 0.4) is 0 Å². The molecule has 2 aromatic carbocycles. The smallest absolute Gasteiger partial charge is 0.310 e. The summed E-state index contributed by atoms with van der Waals surface area (Å²) in [5.41, 5.74) is -3.66. The van der Waals surface area contributed by atoms with Gasteiger partial charge >= 0.3 is 11.9 Å². The molecule has 7 atom stereocenters. The number of hydrogen-bond donors (Lipinski definition) is 4. The first-order valence-electron chi connectivity index (χ1n) is 15.6. The van der Waals surface area contributed by atoms with Gasteiger partial charge in [-0.3, -0.25) is 14.4 Å². The van der Waals surface area contributed by atoms with Gasteiger partial charge in [0.2, 0.25) is 0 Å². The Morgan fingerprint density at radius 1 is 1.00 bits per heavy atom. The van der Waals surface area contributed by atoms with Gasteiger partial charge in [0.25, 0.3) is 0 Å². The second-order valence-corrected chi connectivity index (χ2v) is 13.3. The maximum Gasteiger partial charge on any atom is 0.310 e. The number of carbonyl (C=O) groups excluding carboxylic acids is 3. The predicted octanol–water partition coefficient (Wildman–Crippen LogP) is 3.54. The molecule has 0 spiro atoms. The van der Waals surface area contributed by atoms with Crippen LogP contribution in [0.5, 0.6) is 11.5 Å². The minimum absolute atomic E-state index is 0.0577. The zero-order chi connectivity index (χ0) is 34.3. The number of aliphatic hydroxyl groups is 3. The Hall–Kier alpha value is -4.25. The van der Waals surface area contributed by atoms with Gasteiger partial charge in [0.15, 0.2) is 5.78 Å². The molecule has 1 fully saturated rings. The van der Waals surface area contributed by atoms with Gasteiger partial charge in [-0.05, 0) is 66.2 Å². The Morgan fingerprint density at radius 3 is 2.34 bits per heavy atom. The van der Waals surface area contributed by atoms with Gasteiger partial charge in [-0.1, -0.05) is 56.0 Å². The number of aromatic hydroxyl groups is 1.